The van der Waals surface area contributed by atoms with Crippen molar-refractivity contribution in [3.05, 3.63) is 24.3 Å². The van der Waals surface area contributed by atoms with Crippen LogP contribution in [0.5, 0.6) is 5.75 Å². The number of hydrogen-bond donors (Lipinski definition) is 2. The van der Waals surface area contributed by atoms with Gasteiger partial charge in [0, 0.05) is 18.2 Å². The van der Waals surface area contributed by atoms with Crippen LogP contribution in [-0.2, 0) is 4.79 Å². The van der Waals surface area contributed by atoms with Gasteiger partial charge < -0.3 is 15.4 Å². The fourth-order valence-corrected chi connectivity index (χ4v) is 2.14. The number of carbonyl (C=O) groups is 1. The van der Waals surface area contributed by atoms with Gasteiger partial charge in [-0.15, -0.1) is 0 Å². The van der Waals surface area contributed by atoms with Gasteiger partial charge in [-0.05, 0) is 37.9 Å². The summed E-state index contributed by atoms with van der Waals surface area (Å²) in [4.78, 5) is 12.0. The zero-order valence-electron chi connectivity index (χ0n) is 11.4. The minimum Gasteiger partial charge on any atom is -0.493 e. The summed E-state index contributed by atoms with van der Waals surface area (Å²) in [5.74, 6) is 0.712. The summed E-state index contributed by atoms with van der Waals surface area (Å²) >= 11 is 0. The lowest BCUT2D eigenvalue weighted by molar-refractivity contribution is -0.117. The third-order valence-electron chi connectivity index (χ3n) is 3.18. The molecule has 1 atom stereocenters. The van der Waals surface area contributed by atoms with Crippen molar-refractivity contribution in [1.82, 2.24) is 5.32 Å². The Morgan fingerprint density at radius 1 is 1.55 bits per heavy atom. The summed E-state index contributed by atoms with van der Waals surface area (Å²) in [5.41, 5.74) is 0.737. The Hall–Kier alpha value is -2.06. The van der Waals surface area contributed by atoms with E-state index in [2.05, 4.69) is 16.7 Å². The zero-order chi connectivity index (χ0) is 14.2. The van der Waals surface area contributed by atoms with E-state index in [-0.39, 0.29) is 11.9 Å². The molecule has 0 radical (unpaired) electrons. The Kier molecular flexibility index (Phi) is 5.39. The maximum absolute atomic E-state index is 12.0. The fourth-order valence-electron chi connectivity index (χ4n) is 2.14. The van der Waals surface area contributed by atoms with E-state index < -0.39 is 0 Å². The Balaban J connectivity index is 1.85. The number of unbranched alkanes of at least 4 members (excludes halogenated alkanes) is 1. The van der Waals surface area contributed by atoms with Crippen LogP contribution in [0.3, 0.4) is 0 Å². The number of nitriles is 1. The van der Waals surface area contributed by atoms with E-state index in [1.807, 2.05) is 18.2 Å². The third-order valence-corrected chi connectivity index (χ3v) is 3.18. The molecule has 106 valence electrons. The van der Waals surface area contributed by atoms with Gasteiger partial charge in [0.25, 0.3) is 0 Å². The van der Waals surface area contributed by atoms with Gasteiger partial charge >= 0.3 is 0 Å². The van der Waals surface area contributed by atoms with Gasteiger partial charge in [-0.3, -0.25) is 4.79 Å². The minimum absolute atomic E-state index is 0.00382. The zero-order valence-corrected chi connectivity index (χ0v) is 11.4. The first-order chi connectivity index (χ1) is 9.79. The molecule has 0 saturated carbocycles. The first kappa shape index (κ1) is 14.4. The van der Waals surface area contributed by atoms with Crippen LogP contribution in [0.25, 0.3) is 0 Å². The second-order valence-electron chi connectivity index (χ2n) is 4.78. The SMILES string of the molecule is N#CCCCOc1cccc(NC(=O)[C@H]2CCCN2)c1. The second kappa shape index (κ2) is 7.51. The van der Waals surface area contributed by atoms with Crippen molar-refractivity contribution in [2.45, 2.75) is 31.7 Å². The van der Waals surface area contributed by atoms with E-state index in [9.17, 15) is 4.79 Å². The first-order valence-corrected chi connectivity index (χ1v) is 6.93. The van der Waals surface area contributed by atoms with Crippen molar-refractivity contribution in [3.8, 4) is 11.8 Å². The van der Waals surface area contributed by atoms with Gasteiger partial charge in [0.1, 0.15) is 5.75 Å². The molecule has 20 heavy (non-hydrogen) atoms. The van der Waals surface area contributed by atoms with Gasteiger partial charge in [-0.2, -0.15) is 5.26 Å². The predicted octanol–water partition coefficient (Wildman–Crippen LogP) is 2.06. The summed E-state index contributed by atoms with van der Waals surface area (Å²) in [6.45, 7) is 1.41. The normalized spacial score (nSPS) is 17.4. The maximum Gasteiger partial charge on any atom is 0.241 e. The summed E-state index contributed by atoms with van der Waals surface area (Å²) in [7, 11) is 0. The topological polar surface area (TPSA) is 74.1 Å². The van der Waals surface area contributed by atoms with Crippen molar-refractivity contribution in [1.29, 1.82) is 5.26 Å². The highest BCUT2D eigenvalue weighted by molar-refractivity contribution is 5.95. The standard InChI is InChI=1S/C15H19N3O2/c16-8-1-2-10-20-13-6-3-5-12(11-13)18-15(19)14-7-4-9-17-14/h3,5-6,11,14,17H,1-2,4,7,9-10H2,(H,18,19)/t14-/m1/s1. The number of carbonyl (C=O) groups excluding carboxylic acids is 1. The quantitative estimate of drug-likeness (QED) is 0.778. The first-order valence-electron chi connectivity index (χ1n) is 6.93. The van der Waals surface area contributed by atoms with Crippen LogP contribution in [0.4, 0.5) is 5.69 Å². The van der Waals surface area contributed by atoms with Crippen molar-refractivity contribution >= 4 is 11.6 Å². The van der Waals surface area contributed by atoms with Crippen LogP contribution in [0.1, 0.15) is 25.7 Å². The summed E-state index contributed by atoms with van der Waals surface area (Å²) in [5, 5.41) is 14.5. The van der Waals surface area contributed by atoms with Crippen LogP contribution in [0, 0.1) is 11.3 Å². The van der Waals surface area contributed by atoms with E-state index in [1.54, 1.807) is 6.07 Å². The van der Waals surface area contributed by atoms with Crippen molar-refractivity contribution in [2.75, 3.05) is 18.5 Å². The van der Waals surface area contributed by atoms with E-state index in [0.717, 1.165) is 25.1 Å². The molecule has 0 spiro atoms. The van der Waals surface area contributed by atoms with E-state index in [4.69, 9.17) is 10.00 Å². The van der Waals surface area contributed by atoms with E-state index in [1.165, 1.54) is 0 Å². The number of nitrogens with zero attached hydrogens (tertiary/aromatic N) is 1. The molecule has 1 aliphatic rings. The summed E-state index contributed by atoms with van der Waals surface area (Å²) in [6.07, 6.45) is 3.12. The van der Waals surface area contributed by atoms with Crippen molar-refractivity contribution in [2.24, 2.45) is 0 Å². The van der Waals surface area contributed by atoms with Crippen molar-refractivity contribution in [3.63, 3.8) is 0 Å². The molecule has 0 bridgehead atoms. The molecule has 0 aromatic heterocycles. The smallest absolute Gasteiger partial charge is 0.241 e. The minimum atomic E-state index is -0.0878. The molecule has 1 saturated heterocycles. The number of ether oxygens (including phenoxy) is 1. The molecule has 2 N–H and O–H groups in total. The number of hydrogen-bond acceptors (Lipinski definition) is 4. The van der Waals surface area contributed by atoms with Crippen LogP contribution >= 0.6 is 0 Å². The van der Waals surface area contributed by atoms with Crippen LogP contribution in [0.2, 0.25) is 0 Å². The Labute approximate surface area is 118 Å². The lowest BCUT2D eigenvalue weighted by atomic mass is 10.2. The Morgan fingerprint density at radius 3 is 3.20 bits per heavy atom. The average molecular weight is 273 g/mol. The summed E-state index contributed by atoms with van der Waals surface area (Å²) in [6, 6.07) is 9.33. The van der Waals surface area contributed by atoms with Gasteiger partial charge in [0.05, 0.1) is 18.7 Å². The molecule has 5 heteroatoms. The molecule has 1 fully saturated rings. The number of anilines is 1. The summed E-state index contributed by atoms with van der Waals surface area (Å²) < 4.78 is 5.54. The highest BCUT2D eigenvalue weighted by Crippen LogP contribution is 2.18. The number of benzene rings is 1. The van der Waals surface area contributed by atoms with Gasteiger partial charge in [-0.1, -0.05) is 6.07 Å². The number of nitrogens with one attached hydrogen (secondary N) is 2. The molecule has 1 heterocycles. The molecule has 1 amide bonds. The Morgan fingerprint density at radius 2 is 2.45 bits per heavy atom. The van der Waals surface area contributed by atoms with E-state index >= 15 is 0 Å². The van der Waals surface area contributed by atoms with Crippen LogP contribution in [-0.4, -0.2) is 25.1 Å². The average Bonchev–Trinajstić information content (AvgIpc) is 2.98. The lowest BCUT2D eigenvalue weighted by Gasteiger charge is -2.12. The fraction of sp³-hybridized carbons (Fsp3) is 0.467. The van der Waals surface area contributed by atoms with Crippen LogP contribution < -0.4 is 15.4 Å². The molecule has 1 aliphatic heterocycles. The lowest BCUT2D eigenvalue weighted by Crippen LogP contribution is -2.35. The molecule has 5 nitrogen and oxygen atoms in total. The largest absolute Gasteiger partial charge is 0.493 e. The third kappa shape index (κ3) is 4.25. The molecule has 0 aliphatic carbocycles. The predicted molar refractivity (Wildman–Crippen MR) is 76.4 cm³/mol. The number of rotatable bonds is 6. The Bertz CT molecular complexity index is 490. The van der Waals surface area contributed by atoms with Gasteiger partial charge in [0.2, 0.25) is 5.91 Å². The van der Waals surface area contributed by atoms with Gasteiger partial charge in [0.15, 0.2) is 0 Å². The van der Waals surface area contributed by atoms with Gasteiger partial charge in [-0.25, -0.2) is 0 Å². The number of amides is 1. The monoisotopic (exact) mass is 273 g/mol. The molecule has 1 aromatic rings. The van der Waals surface area contributed by atoms with Crippen LogP contribution in [0.15, 0.2) is 24.3 Å². The maximum atomic E-state index is 12.0. The van der Waals surface area contributed by atoms with Crippen molar-refractivity contribution < 1.29 is 9.53 Å². The molecular formula is C15H19N3O2. The molecule has 2 rings (SSSR count). The second-order valence-corrected chi connectivity index (χ2v) is 4.78. The molecule has 1 aromatic carbocycles. The highest BCUT2D eigenvalue weighted by Gasteiger charge is 2.21. The molecule has 0 unspecified atom stereocenters. The van der Waals surface area contributed by atoms with E-state index in [0.29, 0.717) is 25.2 Å². The molecular weight excluding hydrogens is 254 g/mol. The highest BCUT2D eigenvalue weighted by atomic mass is 16.5.